The van der Waals surface area contributed by atoms with Crippen LogP contribution in [0.25, 0.3) is 16.8 Å². The third-order valence-corrected chi connectivity index (χ3v) is 7.21. The first-order chi connectivity index (χ1) is 16.7. The molecule has 1 aromatic carbocycles. The molecule has 6 rings (SSSR count). The predicted molar refractivity (Wildman–Crippen MR) is 134 cm³/mol. The quantitative estimate of drug-likeness (QED) is 0.502. The van der Waals surface area contributed by atoms with Crippen molar-refractivity contribution in [1.29, 1.82) is 0 Å². The molecule has 1 aliphatic heterocycles. The standard InChI is InChI=1S/C25H30N8O/c1-30-13-15-31(16-14-30)19-9-7-18(8-10-19)28-24-27-17-21-22(29-24)32-12-11-26-25(32)33(23(21)34)20-5-3-2-4-6-20/h7-12,17,20H,2-6,13-16H2,1H3,(H,27,28,29). The van der Waals surface area contributed by atoms with E-state index in [-0.39, 0.29) is 11.6 Å². The number of likely N-dealkylation sites (N-methyl/N-ethyl adjacent to an activating group) is 1. The van der Waals surface area contributed by atoms with Crippen molar-refractivity contribution in [3.63, 3.8) is 0 Å². The fourth-order valence-corrected chi connectivity index (χ4v) is 5.24. The van der Waals surface area contributed by atoms with E-state index >= 15 is 0 Å². The molecule has 0 amide bonds. The Morgan fingerprint density at radius 2 is 1.74 bits per heavy atom. The molecule has 1 saturated carbocycles. The van der Waals surface area contributed by atoms with Crippen molar-refractivity contribution in [2.45, 2.75) is 38.1 Å². The Kier molecular flexibility index (Phi) is 5.41. The van der Waals surface area contributed by atoms with Crippen LogP contribution in [-0.4, -0.2) is 62.0 Å². The molecule has 9 heteroatoms. The molecule has 9 nitrogen and oxygen atoms in total. The van der Waals surface area contributed by atoms with Crippen molar-refractivity contribution < 1.29 is 0 Å². The summed E-state index contributed by atoms with van der Waals surface area (Å²) in [5.41, 5.74) is 2.66. The number of nitrogens with one attached hydrogen (secondary N) is 1. The molecule has 0 spiro atoms. The van der Waals surface area contributed by atoms with Crippen LogP contribution in [0.2, 0.25) is 0 Å². The number of aromatic nitrogens is 5. The molecule has 2 aliphatic rings. The molecule has 3 aromatic heterocycles. The number of hydrogen-bond acceptors (Lipinski definition) is 7. The Morgan fingerprint density at radius 1 is 0.971 bits per heavy atom. The van der Waals surface area contributed by atoms with Gasteiger partial charge in [0.2, 0.25) is 11.7 Å². The summed E-state index contributed by atoms with van der Waals surface area (Å²) >= 11 is 0. The van der Waals surface area contributed by atoms with Gasteiger partial charge in [0, 0.05) is 62.2 Å². The Bertz CT molecular complexity index is 1360. The molecule has 0 unspecified atom stereocenters. The summed E-state index contributed by atoms with van der Waals surface area (Å²) in [7, 11) is 2.16. The number of fused-ring (bicyclic) bond motifs is 3. The van der Waals surface area contributed by atoms with Crippen LogP contribution in [0.4, 0.5) is 17.3 Å². The van der Waals surface area contributed by atoms with Gasteiger partial charge >= 0.3 is 0 Å². The Labute approximate surface area is 198 Å². The van der Waals surface area contributed by atoms with E-state index in [4.69, 9.17) is 4.98 Å². The number of benzene rings is 1. The van der Waals surface area contributed by atoms with Crippen LogP contribution in [-0.2, 0) is 0 Å². The van der Waals surface area contributed by atoms with Gasteiger partial charge in [0.05, 0.1) is 0 Å². The third-order valence-electron chi connectivity index (χ3n) is 7.21. The monoisotopic (exact) mass is 458 g/mol. The van der Waals surface area contributed by atoms with Gasteiger partial charge in [-0.3, -0.25) is 13.8 Å². The fraction of sp³-hybridized carbons (Fsp3) is 0.440. The third kappa shape index (κ3) is 3.79. The highest BCUT2D eigenvalue weighted by atomic mass is 16.1. The molecule has 0 radical (unpaired) electrons. The van der Waals surface area contributed by atoms with Gasteiger partial charge in [-0.05, 0) is 44.2 Å². The van der Waals surface area contributed by atoms with Gasteiger partial charge in [0.15, 0.2) is 5.65 Å². The first kappa shape index (κ1) is 21.1. The summed E-state index contributed by atoms with van der Waals surface area (Å²) in [6.45, 7) is 4.24. The van der Waals surface area contributed by atoms with Gasteiger partial charge in [-0.1, -0.05) is 19.3 Å². The average molecular weight is 459 g/mol. The van der Waals surface area contributed by atoms with Crippen molar-refractivity contribution in [1.82, 2.24) is 28.8 Å². The molecule has 4 aromatic rings. The van der Waals surface area contributed by atoms with Gasteiger partial charge in [-0.25, -0.2) is 9.97 Å². The highest BCUT2D eigenvalue weighted by molar-refractivity contribution is 5.77. The second-order valence-corrected chi connectivity index (χ2v) is 9.46. The molecule has 176 valence electrons. The zero-order valence-corrected chi connectivity index (χ0v) is 19.5. The first-order valence-electron chi connectivity index (χ1n) is 12.2. The van der Waals surface area contributed by atoms with E-state index in [2.05, 4.69) is 56.4 Å². The van der Waals surface area contributed by atoms with E-state index in [1.807, 2.05) is 15.2 Å². The SMILES string of the molecule is CN1CCN(c2ccc(Nc3ncc4c(=O)n(C5CCCCC5)c5nccn5c4n3)cc2)CC1. The summed E-state index contributed by atoms with van der Waals surface area (Å²) < 4.78 is 3.77. The predicted octanol–water partition coefficient (Wildman–Crippen LogP) is 3.44. The summed E-state index contributed by atoms with van der Waals surface area (Å²) in [6.07, 6.45) is 10.8. The minimum atomic E-state index is -0.0521. The van der Waals surface area contributed by atoms with Gasteiger partial charge in [-0.15, -0.1) is 0 Å². The van der Waals surface area contributed by atoms with Crippen LogP contribution in [0, 0.1) is 0 Å². The minimum absolute atomic E-state index is 0.0521. The molecule has 2 fully saturated rings. The second-order valence-electron chi connectivity index (χ2n) is 9.46. The van der Waals surface area contributed by atoms with Crippen molar-refractivity contribution in [2.24, 2.45) is 0 Å². The number of nitrogens with zero attached hydrogens (tertiary/aromatic N) is 7. The Morgan fingerprint density at radius 3 is 2.50 bits per heavy atom. The smallest absolute Gasteiger partial charge is 0.266 e. The number of hydrogen-bond donors (Lipinski definition) is 1. The van der Waals surface area contributed by atoms with E-state index in [9.17, 15) is 4.79 Å². The molecule has 1 N–H and O–H groups in total. The Hall–Kier alpha value is -3.46. The van der Waals surface area contributed by atoms with Crippen LogP contribution < -0.4 is 15.8 Å². The number of imidazole rings is 1. The summed E-state index contributed by atoms with van der Waals surface area (Å²) in [6, 6.07) is 8.55. The van der Waals surface area contributed by atoms with Crippen molar-refractivity contribution in [3.8, 4) is 0 Å². The van der Waals surface area contributed by atoms with Crippen LogP contribution in [0.15, 0.2) is 47.7 Å². The topological polar surface area (TPSA) is 83.6 Å². The maximum absolute atomic E-state index is 13.4. The number of piperazine rings is 1. The molecule has 0 bridgehead atoms. The van der Waals surface area contributed by atoms with E-state index < -0.39 is 0 Å². The van der Waals surface area contributed by atoms with E-state index in [0.717, 1.165) is 57.5 Å². The maximum Gasteiger partial charge on any atom is 0.266 e. The van der Waals surface area contributed by atoms with Crippen molar-refractivity contribution in [3.05, 3.63) is 53.2 Å². The van der Waals surface area contributed by atoms with E-state index in [1.165, 1.54) is 12.1 Å². The molecule has 0 atom stereocenters. The van der Waals surface area contributed by atoms with Crippen LogP contribution in [0.1, 0.15) is 38.1 Å². The minimum Gasteiger partial charge on any atom is -0.369 e. The lowest BCUT2D eigenvalue weighted by molar-refractivity contribution is 0.313. The van der Waals surface area contributed by atoms with Gasteiger partial charge in [-0.2, -0.15) is 4.98 Å². The van der Waals surface area contributed by atoms with Crippen molar-refractivity contribution in [2.75, 3.05) is 43.4 Å². The highest BCUT2D eigenvalue weighted by Gasteiger charge is 2.22. The molecular formula is C25H30N8O. The number of rotatable bonds is 4. The molecule has 34 heavy (non-hydrogen) atoms. The molecular weight excluding hydrogens is 428 g/mol. The normalized spacial score (nSPS) is 18.1. The fourth-order valence-electron chi connectivity index (χ4n) is 5.24. The zero-order chi connectivity index (χ0) is 23.1. The second kappa shape index (κ2) is 8.72. The van der Waals surface area contributed by atoms with E-state index in [1.54, 1.807) is 12.4 Å². The maximum atomic E-state index is 13.4. The van der Waals surface area contributed by atoms with Crippen LogP contribution in [0.3, 0.4) is 0 Å². The van der Waals surface area contributed by atoms with Crippen LogP contribution >= 0.6 is 0 Å². The zero-order valence-electron chi connectivity index (χ0n) is 19.5. The van der Waals surface area contributed by atoms with Gasteiger partial charge in [0.1, 0.15) is 5.39 Å². The summed E-state index contributed by atoms with van der Waals surface area (Å²) in [5, 5.41) is 3.82. The molecule has 4 heterocycles. The van der Waals surface area contributed by atoms with Crippen molar-refractivity contribution >= 4 is 34.1 Å². The summed E-state index contributed by atoms with van der Waals surface area (Å²) in [5.74, 6) is 1.12. The summed E-state index contributed by atoms with van der Waals surface area (Å²) in [4.78, 5) is 31.9. The largest absolute Gasteiger partial charge is 0.369 e. The lowest BCUT2D eigenvalue weighted by Crippen LogP contribution is -2.44. The van der Waals surface area contributed by atoms with Gasteiger partial charge in [0.25, 0.3) is 5.56 Å². The first-order valence-corrected chi connectivity index (χ1v) is 12.2. The van der Waals surface area contributed by atoms with Gasteiger partial charge < -0.3 is 15.1 Å². The highest BCUT2D eigenvalue weighted by Crippen LogP contribution is 2.29. The molecule has 1 aliphatic carbocycles. The van der Waals surface area contributed by atoms with Crippen LogP contribution in [0.5, 0.6) is 0 Å². The lowest BCUT2D eigenvalue weighted by Gasteiger charge is -2.34. The lowest BCUT2D eigenvalue weighted by atomic mass is 9.95. The number of anilines is 3. The van der Waals surface area contributed by atoms with E-state index in [0.29, 0.717) is 22.8 Å². The Balaban J connectivity index is 1.30. The molecule has 1 saturated heterocycles. The average Bonchev–Trinajstić information content (AvgIpc) is 3.36.